The first-order valence-electron chi connectivity index (χ1n) is 8.52. The molecular formula is C21H24O7. The van der Waals surface area contributed by atoms with Crippen molar-refractivity contribution in [2.24, 2.45) is 0 Å². The first kappa shape index (κ1) is 22.9. The number of aliphatic hydroxyl groups excluding tert-OH is 1. The maximum Gasteiger partial charge on any atom is 0.333 e. The molecule has 0 spiro atoms. The standard InChI is InChI=1S/C21H24O7/c1-14(19(23)24)9-10-15(2)20(25)28-13-18(22)11-16(3)21(26)27-12-17-7-5-4-6-8-17/h4-9,18,22H,2-3,10-13H2,1H3,(H,23,24). The summed E-state index contributed by atoms with van der Waals surface area (Å²) in [6.45, 7) is 8.23. The van der Waals surface area contributed by atoms with Gasteiger partial charge in [-0.2, -0.15) is 0 Å². The molecule has 0 saturated carbocycles. The number of aliphatic carboxylic acids is 1. The minimum atomic E-state index is -1.13. The van der Waals surface area contributed by atoms with E-state index >= 15 is 0 Å². The van der Waals surface area contributed by atoms with Gasteiger partial charge in [-0.1, -0.05) is 49.6 Å². The van der Waals surface area contributed by atoms with Gasteiger partial charge in [-0.3, -0.25) is 0 Å². The van der Waals surface area contributed by atoms with Crippen LogP contribution in [-0.2, 0) is 30.5 Å². The number of carboxylic acids is 1. The molecule has 150 valence electrons. The van der Waals surface area contributed by atoms with Crippen molar-refractivity contribution in [3.05, 3.63) is 71.8 Å². The molecule has 1 aromatic rings. The Kier molecular flexibility index (Phi) is 9.39. The van der Waals surface area contributed by atoms with Crippen molar-refractivity contribution in [3.63, 3.8) is 0 Å². The fourth-order valence-electron chi connectivity index (χ4n) is 1.97. The highest BCUT2D eigenvalue weighted by atomic mass is 16.5. The van der Waals surface area contributed by atoms with Crippen LogP contribution in [0.15, 0.2) is 66.3 Å². The minimum absolute atomic E-state index is 0.0194. The van der Waals surface area contributed by atoms with E-state index in [-0.39, 0.29) is 42.8 Å². The molecule has 0 fully saturated rings. The summed E-state index contributed by atoms with van der Waals surface area (Å²) in [6.07, 6.45) is 0.106. The topological polar surface area (TPSA) is 110 Å². The maximum absolute atomic E-state index is 11.9. The average Bonchev–Trinajstić information content (AvgIpc) is 2.68. The summed E-state index contributed by atoms with van der Waals surface area (Å²) in [7, 11) is 0. The lowest BCUT2D eigenvalue weighted by atomic mass is 10.1. The second-order valence-corrected chi connectivity index (χ2v) is 6.12. The van der Waals surface area contributed by atoms with Crippen LogP contribution in [0, 0.1) is 0 Å². The smallest absolute Gasteiger partial charge is 0.333 e. The van der Waals surface area contributed by atoms with E-state index < -0.39 is 24.0 Å². The largest absolute Gasteiger partial charge is 0.478 e. The van der Waals surface area contributed by atoms with Crippen LogP contribution in [0.4, 0.5) is 0 Å². The third-order valence-electron chi connectivity index (χ3n) is 3.67. The van der Waals surface area contributed by atoms with Crippen molar-refractivity contribution in [3.8, 4) is 0 Å². The van der Waals surface area contributed by atoms with Crippen molar-refractivity contribution in [1.82, 2.24) is 0 Å². The molecule has 1 unspecified atom stereocenters. The van der Waals surface area contributed by atoms with Crippen LogP contribution in [0.3, 0.4) is 0 Å². The van der Waals surface area contributed by atoms with Crippen molar-refractivity contribution in [2.45, 2.75) is 32.5 Å². The van der Waals surface area contributed by atoms with Gasteiger partial charge < -0.3 is 19.7 Å². The van der Waals surface area contributed by atoms with Gasteiger partial charge in [0.2, 0.25) is 0 Å². The second-order valence-electron chi connectivity index (χ2n) is 6.12. The lowest BCUT2D eigenvalue weighted by molar-refractivity contribution is -0.142. The summed E-state index contributed by atoms with van der Waals surface area (Å²) in [5.41, 5.74) is 1.01. The molecule has 0 amide bonds. The third-order valence-corrected chi connectivity index (χ3v) is 3.67. The maximum atomic E-state index is 11.9. The van der Waals surface area contributed by atoms with Crippen LogP contribution in [0.1, 0.15) is 25.3 Å². The van der Waals surface area contributed by atoms with Gasteiger partial charge in [-0.25, -0.2) is 14.4 Å². The Balaban J connectivity index is 2.35. The van der Waals surface area contributed by atoms with Crippen LogP contribution < -0.4 is 0 Å². The van der Waals surface area contributed by atoms with E-state index in [1.54, 1.807) is 0 Å². The Morgan fingerprint density at radius 3 is 2.29 bits per heavy atom. The number of carbonyl (C=O) groups excluding carboxylic acids is 2. The molecule has 0 bridgehead atoms. The lowest BCUT2D eigenvalue weighted by Crippen LogP contribution is -2.22. The van der Waals surface area contributed by atoms with Gasteiger partial charge in [0, 0.05) is 23.1 Å². The summed E-state index contributed by atoms with van der Waals surface area (Å²) in [5.74, 6) is -2.49. The number of aliphatic hydroxyl groups is 1. The molecule has 2 N–H and O–H groups in total. The fraction of sp³-hybridized carbons (Fsp3) is 0.286. The van der Waals surface area contributed by atoms with Crippen molar-refractivity contribution in [1.29, 1.82) is 0 Å². The molecular weight excluding hydrogens is 364 g/mol. The van der Waals surface area contributed by atoms with Crippen LogP contribution in [0.25, 0.3) is 0 Å². The molecule has 1 atom stereocenters. The molecule has 7 nitrogen and oxygen atoms in total. The summed E-state index contributed by atoms with van der Waals surface area (Å²) in [6, 6.07) is 9.11. The van der Waals surface area contributed by atoms with E-state index in [0.29, 0.717) is 0 Å². The van der Waals surface area contributed by atoms with Crippen LogP contribution in [0.5, 0.6) is 0 Å². The van der Waals surface area contributed by atoms with Crippen LogP contribution >= 0.6 is 0 Å². The highest BCUT2D eigenvalue weighted by Gasteiger charge is 2.17. The molecule has 0 aliphatic rings. The van der Waals surface area contributed by atoms with Gasteiger partial charge in [-0.15, -0.1) is 0 Å². The first-order chi connectivity index (χ1) is 13.2. The van der Waals surface area contributed by atoms with E-state index in [9.17, 15) is 19.5 Å². The summed E-state index contributed by atoms with van der Waals surface area (Å²) < 4.78 is 10.0. The summed E-state index contributed by atoms with van der Waals surface area (Å²) >= 11 is 0. The monoisotopic (exact) mass is 388 g/mol. The number of ether oxygens (including phenoxy) is 2. The highest BCUT2D eigenvalue weighted by Crippen LogP contribution is 2.11. The van der Waals surface area contributed by atoms with Gasteiger partial charge in [0.05, 0.1) is 6.10 Å². The number of esters is 2. The number of benzene rings is 1. The SMILES string of the molecule is C=C(CC=C(C)C(=O)O)C(=O)OCC(O)CC(=C)C(=O)OCc1ccccc1. The molecule has 0 heterocycles. The van der Waals surface area contributed by atoms with Gasteiger partial charge in [-0.05, 0) is 18.9 Å². The average molecular weight is 388 g/mol. The summed E-state index contributed by atoms with van der Waals surface area (Å²) in [5, 5.41) is 18.7. The zero-order chi connectivity index (χ0) is 21.1. The Hall–Kier alpha value is -3.19. The number of carboxylic acid groups (broad SMARTS) is 1. The Morgan fingerprint density at radius 1 is 1.07 bits per heavy atom. The predicted octanol–water partition coefficient (Wildman–Crippen LogP) is 2.56. The van der Waals surface area contributed by atoms with E-state index in [1.165, 1.54) is 13.0 Å². The van der Waals surface area contributed by atoms with E-state index in [2.05, 4.69) is 13.2 Å². The van der Waals surface area contributed by atoms with Gasteiger partial charge >= 0.3 is 17.9 Å². The van der Waals surface area contributed by atoms with Crippen molar-refractivity contribution in [2.75, 3.05) is 6.61 Å². The van der Waals surface area contributed by atoms with E-state index in [0.717, 1.165) is 5.56 Å². The van der Waals surface area contributed by atoms with Crippen molar-refractivity contribution < 1.29 is 34.1 Å². The molecule has 0 radical (unpaired) electrons. The molecule has 28 heavy (non-hydrogen) atoms. The molecule has 0 saturated heterocycles. The third kappa shape index (κ3) is 8.46. The molecule has 1 aromatic carbocycles. The van der Waals surface area contributed by atoms with Crippen molar-refractivity contribution >= 4 is 17.9 Å². The van der Waals surface area contributed by atoms with Crippen LogP contribution in [0.2, 0.25) is 0 Å². The molecule has 0 aromatic heterocycles. The zero-order valence-electron chi connectivity index (χ0n) is 15.7. The predicted molar refractivity (Wildman–Crippen MR) is 102 cm³/mol. The number of hydrogen-bond donors (Lipinski definition) is 2. The van der Waals surface area contributed by atoms with Gasteiger partial charge in [0.15, 0.2) is 0 Å². The minimum Gasteiger partial charge on any atom is -0.478 e. The van der Waals surface area contributed by atoms with E-state index in [1.807, 2.05) is 30.3 Å². The van der Waals surface area contributed by atoms with Gasteiger partial charge in [0.1, 0.15) is 13.2 Å². The number of allylic oxidation sites excluding steroid dienone is 1. The molecule has 0 aliphatic carbocycles. The number of hydrogen-bond acceptors (Lipinski definition) is 6. The fourth-order valence-corrected chi connectivity index (χ4v) is 1.97. The summed E-state index contributed by atoms with van der Waals surface area (Å²) in [4.78, 5) is 34.4. The second kappa shape index (κ2) is 11.5. The zero-order valence-corrected chi connectivity index (χ0v) is 15.7. The Labute approximate surface area is 163 Å². The first-order valence-corrected chi connectivity index (χ1v) is 8.52. The molecule has 7 heteroatoms. The lowest BCUT2D eigenvalue weighted by Gasteiger charge is -2.13. The van der Waals surface area contributed by atoms with Crippen LogP contribution in [-0.4, -0.2) is 40.8 Å². The quantitative estimate of drug-likeness (QED) is 0.443. The normalized spacial score (nSPS) is 12.0. The van der Waals surface area contributed by atoms with E-state index in [4.69, 9.17) is 14.6 Å². The Bertz CT molecular complexity index is 762. The molecule has 0 aliphatic heterocycles. The number of carbonyl (C=O) groups is 3. The van der Waals surface area contributed by atoms with Gasteiger partial charge in [0.25, 0.3) is 0 Å². The number of rotatable bonds is 11. The molecule has 1 rings (SSSR count). The Morgan fingerprint density at radius 2 is 1.68 bits per heavy atom. The highest BCUT2D eigenvalue weighted by molar-refractivity contribution is 5.89.